The first-order chi connectivity index (χ1) is 13.9. The van der Waals surface area contributed by atoms with E-state index in [1.54, 1.807) is 36.2 Å². The lowest BCUT2D eigenvalue weighted by Crippen LogP contribution is -2.54. The molecule has 3 aliphatic heterocycles. The number of rotatable bonds is 2. The van der Waals surface area contributed by atoms with Gasteiger partial charge < -0.3 is 9.64 Å². The first-order valence-corrected chi connectivity index (χ1v) is 9.59. The van der Waals surface area contributed by atoms with Gasteiger partial charge in [-0.15, -0.1) is 0 Å². The van der Waals surface area contributed by atoms with E-state index < -0.39 is 17.4 Å². The maximum absolute atomic E-state index is 13.7. The van der Waals surface area contributed by atoms with Crippen molar-refractivity contribution in [1.29, 1.82) is 0 Å². The molecule has 0 saturated carbocycles. The smallest absolute Gasteiger partial charge is 0.252 e. The fourth-order valence-corrected chi connectivity index (χ4v) is 5.27. The quantitative estimate of drug-likeness (QED) is 0.788. The number of nitrogens with one attached hydrogen (secondary N) is 1. The Morgan fingerprint density at radius 1 is 0.966 bits per heavy atom. The van der Waals surface area contributed by atoms with Gasteiger partial charge in [0.05, 0.1) is 24.6 Å². The number of benzene rings is 2. The number of imide groups is 1. The van der Waals surface area contributed by atoms with Crippen molar-refractivity contribution in [2.45, 2.75) is 18.5 Å². The van der Waals surface area contributed by atoms with Crippen molar-refractivity contribution in [3.63, 3.8) is 0 Å². The monoisotopic (exact) mass is 391 g/mol. The second kappa shape index (κ2) is 5.90. The highest BCUT2D eigenvalue weighted by Gasteiger charge is 2.70. The number of carbonyl (C=O) groups excluding carboxylic acids is 3. The average molecular weight is 391 g/mol. The van der Waals surface area contributed by atoms with Gasteiger partial charge in [-0.25, -0.2) is 4.90 Å². The van der Waals surface area contributed by atoms with Gasteiger partial charge in [-0.1, -0.05) is 30.3 Å². The highest BCUT2D eigenvalue weighted by Crippen LogP contribution is 2.55. The number of methoxy groups -OCH3 is 1. The molecule has 2 fully saturated rings. The summed E-state index contributed by atoms with van der Waals surface area (Å²) in [6.45, 7) is 1.86. The van der Waals surface area contributed by atoms with Crippen LogP contribution >= 0.6 is 0 Å². The van der Waals surface area contributed by atoms with Crippen LogP contribution in [0.4, 0.5) is 11.4 Å². The molecule has 7 nitrogen and oxygen atoms in total. The Labute approximate surface area is 168 Å². The Balaban J connectivity index is 1.69. The van der Waals surface area contributed by atoms with Crippen LogP contribution in [0.2, 0.25) is 0 Å². The molecular formula is C22H21N3O4. The van der Waals surface area contributed by atoms with Crippen LogP contribution in [-0.4, -0.2) is 37.9 Å². The third kappa shape index (κ3) is 2.03. The summed E-state index contributed by atoms with van der Waals surface area (Å²) in [7, 11) is 3.21. The van der Waals surface area contributed by atoms with Crippen LogP contribution < -0.4 is 19.9 Å². The first kappa shape index (κ1) is 17.9. The van der Waals surface area contributed by atoms with Crippen LogP contribution in [-0.2, 0) is 19.9 Å². The number of nitrogens with zero attached hydrogens (tertiary/aromatic N) is 2. The summed E-state index contributed by atoms with van der Waals surface area (Å²) < 4.78 is 5.38. The van der Waals surface area contributed by atoms with E-state index in [1.165, 1.54) is 12.0 Å². The summed E-state index contributed by atoms with van der Waals surface area (Å²) in [5, 5.41) is 3.34. The van der Waals surface area contributed by atoms with Gasteiger partial charge in [-0.05, 0) is 25.1 Å². The second-order valence-electron chi connectivity index (χ2n) is 7.81. The molecule has 0 bridgehead atoms. The number of fused-ring (bicyclic) bond motifs is 4. The van der Waals surface area contributed by atoms with Crippen LogP contribution in [0.3, 0.4) is 0 Å². The van der Waals surface area contributed by atoms with Crippen molar-refractivity contribution >= 4 is 29.1 Å². The number of hydrogen-bond acceptors (Lipinski definition) is 5. The lowest BCUT2D eigenvalue weighted by molar-refractivity contribution is -0.131. The summed E-state index contributed by atoms with van der Waals surface area (Å²) >= 11 is 0. The lowest BCUT2D eigenvalue weighted by atomic mass is 9.76. The molecule has 2 aromatic carbocycles. The predicted octanol–water partition coefficient (Wildman–Crippen LogP) is 1.66. The Hall–Kier alpha value is -3.19. The minimum atomic E-state index is -1.24. The Morgan fingerprint density at radius 2 is 1.62 bits per heavy atom. The van der Waals surface area contributed by atoms with Crippen molar-refractivity contribution < 1.29 is 19.1 Å². The highest BCUT2D eigenvalue weighted by molar-refractivity contribution is 6.26. The number of ether oxygens (including phenoxy) is 1. The Bertz CT molecular complexity index is 1070. The number of anilines is 2. The number of amides is 3. The number of hydrogen-bond donors (Lipinski definition) is 1. The maximum atomic E-state index is 13.7. The molecule has 2 aromatic rings. The maximum Gasteiger partial charge on any atom is 0.252 e. The third-order valence-electron chi connectivity index (χ3n) is 6.47. The number of likely N-dealkylation sites (N-methyl/N-ethyl adjacent to an activating group) is 1. The second-order valence-corrected chi connectivity index (χ2v) is 7.81. The van der Waals surface area contributed by atoms with E-state index >= 15 is 0 Å². The molecule has 148 valence electrons. The van der Waals surface area contributed by atoms with Crippen molar-refractivity contribution in [3.05, 3.63) is 54.1 Å². The van der Waals surface area contributed by atoms with Crippen LogP contribution in [0.25, 0.3) is 0 Å². The van der Waals surface area contributed by atoms with Crippen molar-refractivity contribution in [2.75, 3.05) is 24.0 Å². The van der Waals surface area contributed by atoms with E-state index in [1.807, 2.05) is 31.2 Å². The van der Waals surface area contributed by atoms with Crippen LogP contribution in [0.15, 0.2) is 48.5 Å². The molecular weight excluding hydrogens is 370 g/mol. The molecule has 4 atom stereocenters. The fraction of sp³-hybridized carbons (Fsp3) is 0.318. The van der Waals surface area contributed by atoms with E-state index in [2.05, 4.69) is 5.32 Å². The van der Waals surface area contributed by atoms with Gasteiger partial charge in [-0.3, -0.25) is 19.7 Å². The zero-order chi connectivity index (χ0) is 20.5. The molecule has 0 aromatic heterocycles. The Kier molecular flexibility index (Phi) is 3.64. The summed E-state index contributed by atoms with van der Waals surface area (Å²) in [6.07, 6.45) is 0. The molecule has 3 amide bonds. The average Bonchev–Trinajstić information content (AvgIpc) is 3.27. The van der Waals surface area contributed by atoms with Crippen LogP contribution in [0, 0.1) is 11.8 Å². The molecule has 3 heterocycles. The van der Waals surface area contributed by atoms with Crippen LogP contribution in [0.1, 0.15) is 12.5 Å². The molecule has 1 N–H and O–H groups in total. The van der Waals surface area contributed by atoms with Gasteiger partial charge in [0.15, 0.2) is 0 Å². The largest absolute Gasteiger partial charge is 0.495 e. The van der Waals surface area contributed by atoms with Gasteiger partial charge in [-0.2, -0.15) is 0 Å². The molecule has 0 aliphatic carbocycles. The highest BCUT2D eigenvalue weighted by atomic mass is 16.5. The van der Waals surface area contributed by atoms with Crippen molar-refractivity contribution in [2.24, 2.45) is 11.8 Å². The zero-order valence-electron chi connectivity index (χ0n) is 16.4. The number of para-hydroxylation sites is 3. The summed E-state index contributed by atoms with van der Waals surface area (Å²) in [5.41, 5.74) is 0.677. The summed E-state index contributed by atoms with van der Waals surface area (Å²) in [4.78, 5) is 43.3. The van der Waals surface area contributed by atoms with Gasteiger partial charge in [0.1, 0.15) is 11.3 Å². The minimum absolute atomic E-state index is 0.207. The SMILES string of the molecule is COc1ccccc1N1C(=O)C2C(C)NC3(C(=O)N(C)c4ccccc43)C2C1=O. The molecule has 2 saturated heterocycles. The molecule has 29 heavy (non-hydrogen) atoms. The van der Waals surface area contributed by atoms with E-state index in [4.69, 9.17) is 4.74 Å². The topological polar surface area (TPSA) is 79.0 Å². The van der Waals surface area contributed by atoms with E-state index in [-0.39, 0.29) is 23.8 Å². The van der Waals surface area contributed by atoms with E-state index in [9.17, 15) is 14.4 Å². The third-order valence-corrected chi connectivity index (χ3v) is 6.47. The lowest BCUT2D eigenvalue weighted by Gasteiger charge is -2.30. The van der Waals surface area contributed by atoms with Gasteiger partial charge in [0.25, 0.3) is 5.91 Å². The molecule has 0 radical (unpaired) electrons. The molecule has 1 spiro atoms. The minimum Gasteiger partial charge on any atom is -0.495 e. The van der Waals surface area contributed by atoms with E-state index in [0.717, 1.165) is 11.3 Å². The summed E-state index contributed by atoms with van der Waals surface area (Å²) in [6, 6.07) is 14.1. The number of carbonyl (C=O) groups is 3. The molecule has 3 aliphatic rings. The van der Waals surface area contributed by atoms with E-state index in [0.29, 0.717) is 11.4 Å². The van der Waals surface area contributed by atoms with Gasteiger partial charge in [0.2, 0.25) is 11.8 Å². The molecule has 7 heteroatoms. The first-order valence-electron chi connectivity index (χ1n) is 9.59. The fourth-order valence-electron chi connectivity index (χ4n) is 5.27. The van der Waals surface area contributed by atoms with Crippen molar-refractivity contribution in [3.8, 4) is 5.75 Å². The van der Waals surface area contributed by atoms with Crippen molar-refractivity contribution in [1.82, 2.24) is 5.32 Å². The molecule has 5 rings (SSSR count). The predicted molar refractivity (Wildman–Crippen MR) is 107 cm³/mol. The van der Waals surface area contributed by atoms with Crippen LogP contribution in [0.5, 0.6) is 5.75 Å². The molecule has 4 unspecified atom stereocenters. The standard InChI is InChI=1S/C22H21N3O4/c1-12-17-18(20(27)25(19(17)26)15-10-6-7-11-16(15)29-3)22(23-12)13-8-4-5-9-14(13)24(2)21(22)28/h4-12,17-18,23H,1-3H3. The Morgan fingerprint density at radius 3 is 2.34 bits per heavy atom. The zero-order valence-corrected chi connectivity index (χ0v) is 16.4. The van der Waals surface area contributed by atoms with Gasteiger partial charge in [0, 0.05) is 24.3 Å². The normalized spacial score (nSPS) is 30.3. The van der Waals surface area contributed by atoms with Gasteiger partial charge >= 0.3 is 0 Å². The summed E-state index contributed by atoms with van der Waals surface area (Å²) in [5.74, 6) is -1.88.